The van der Waals surface area contributed by atoms with Gasteiger partial charge in [-0.3, -0.25) is 9.59 Å². The van der Waals surface area contributed by atoms with Crippen LogP contribution >= 0.6 is 0 Å². The van der Waals surface area contributed by atoms with Gasteiger partial charge in [0.1, 0.15) is 6.04 Å². The molecule has 4 heteroatoms. The first-order chi connectivity index (χ1) is 14.1. The van der Waals surface area contributed by atoms with E-state index >= 15 is 0 Å². The molecule has 162 valence electrons. The summed E-state index contributed by atoms with van der Waals surface area (Å²) in [6, 6.07) is 16.0. The van der Waals surface area contributed by atoms with Gasteiger partial charge in [0.25, 0.3) is 0 Å². The fourth-order valence-electron chi connectivity index (χ4n) is 3.28. The van der Waals surface area contributed by atoms with Gasteiger partial charge < -0.3 is 10.2 Å². The van der Waals surface area contributed by atoms with Crippen LogP contribution in [0, 0.1) is 6.92 Å². The van der Waals surface area contributed by atoms with Crippen molar-refractivity contribution in [2.75, 3.05) is 0 Å². The second kappa shape index (κ2) is 10.4. The Hall–Kier alpha value is -2.62. The minimum Gasteiger partial charge on any atom is -0.350 e. The molecule has 4 nitrogen and oxygen atoms in total. The quantitative estimate of drug-likeness (QED) is 0.681. The molecule has 0 aromatic heterocycles. The van der Waals surface area contributed by atoms with E-state index in [1.165, 1.54) is 11.1 Å². The summed E-state index contributed by atoms with van der Waals surface area (Å²) >= 11 is 0. The number of aryl methyl sites for hydroxylation is 3. The van der Waals surface area contributed by atoms with E-state index in [1.54, 1.807) is 4.90 Å². The van der Waals surface area contributed by atoms with Gasteiger partial charge in [-0.05, 0) is 64.2 Å². The fourth-order valence-corrected chi connectivity index (χ4v) is 3.28. The third-order valence-corrected chi connectivity index (χ3v) is 5.20. The first-order valence-corrected chi connectivity index (χ1v) is 10.8. The lowest BCUT2D eigenvalue weighted by molar-refractivity contribution is -0.141. The molecule has 2 aromatic rings. The Labute approximate surface area is 181 Å². The highest BCUT2D eigenvalue weighted by molar-refractivity contribution is 5.87. The summed E-state index contributed by atoms with van der Waals surface area (Å²) < 4.78 is 0. The molecule has 0 saturated carbocycles. The Morgan fingerprint density at radius 3 is 2.00 bits per heavy atom. The summed E-state index contributed by atoms with van der Waals surface area (Å²) in [7, 11) is 0. The van der Waals surface area contributed by atoms with Gasteiger partial charge in [0, 0.05) is 18.5 Å². The average molecular weight is 409 g/mol. The van der Waals surface area contributed by atoms with Gasteiger partial charge in [-0.15, -0.1) is 0 Å². The van der Waals surface area contributed by atoms with Crippen LogP contribution in [0.5, 0.6) is 0 Å². The van der Waals surface area contributed by atoms with E-state index in [0.29, 0.717) is 19.4 Å². The zero-order valence-corrected chi connectivity index (χ0v) is 19.3. The SMILES string of the molecule is CCc1ccc(CCC(=O)N(Cc2ccc(C)cc2)C(C)C(=O)NC(C)(C)C)cc1. The number of carbonyl (C=O) groups excluding carboxylic acids is 2. The van der Waals surface area contributed by atoms with Crippen molar-refractivity contribution in [1.29, 1.82) is 0 Å². The number of hydrogen-bond donors (Lipinski definition) is 1. The predicted octanol–water partition coefficient (Wildman–Crippen LogP) is 4.82. The zero-order chi connectivity index (χ0) is 22.3. The highest BCUT2D eigenvalue weighted by Crippen LogP contribution is 2.15. The molecule has 1 unspecified atom stereocenters. The van der Waals surface area contributed by atoms with Gasteiger partial charge in [-0.1, -0.05) is 61.0 Å². The Morgan fingerprint density at radius 1 is 0.933 bits per heavy atom. The first-order valence-electron chi connectivity index (χ1n) is 10.8. The molecule has 0 radical (unpaired) electrons. The number of nitrogens with zero attached hydrogens (tertiary/aromatic N) is 1. The third kappa shape index (κ3) is 7.33. The van der Waals surface area contributed by atoms with Gasteiger partial charge >= 0.3 is 0 Å². The normalized spacial score (nSPS) is 12.3. The van der Waals surface area contributed by atoms with Crippen molar-refractivity contribution in [2.24, 2.45) is 0 Å². The minimum absolute atomic E-state index is 0.00768. The molecule has 0 spiro atoms. The summed E-state index contributed by atoms with van der Waals surface area (Å²) in [5.41, 5.74) is 4.29. The summed E-state index contributed by atoms with van der Waals surface area (Å²) in [4.78, 5) is 27.7. The topological polar surface area (TPSA) is 49.4 Å². The maximum absolute atomic E-state index is 13.2. The molecule has 2 rings (SSSR count). The predicted molar refractivity (Wildman–Crippen MR) is 123 cm³/mol. The molecular weight excluding hydrogens is 372 g/mol. The van der Waals surface area contributed by atoms with Crippen LogP contribution in [-0.2, 0) is 29.0 Å². The molecule has 0 aliphatic heterocycles. The number of amides is 2. The van der Waals surface area contributed by atoms with Crippen LogP contribution in [-0.4, -0.2) is 28.3 Å². The lowest BCUT2D eigenvalue weighted by Gasteiger charge is -2.31. The fraction of sp³-hybridized carbons (Fsp3) is 0.462. The van der Waals surface area contributed by atoms with E-state index in [1.807, 2.05) is 58.9 Å². The number of benzene rings is 2. The molecule has 0 heterocycles. The summed E-state index contributed by atoms with van der Waals surface area (Å²) in [6.07, 6.45) is 2.05. The van der Waals surface area contributed by atoms with Gasteiger partial charge in [0.05, 0.1) is 0 Å². The Kier molecular flexibility index (Phi) is 8.22. The molecule has 1 atom stereocenters. The smallest absolute Gasteiger partial charge is 0.242 e. The van der Waals surface area contributed by atoms with Gasteiger partial charge in [0.15, 0.2) is 0 Å². The number of nitrogens with one attached hydrogen (secondary N) is 1. The first kappa shape index (κ1) is 23.7. The molecule has 0 saturated heterocycles. The average Bonchev–Trinajstić information content (AvgIpc) is 2.70. The van der Waals surface area contributed by atoms with E-state index in [0.717, 1.165) is 17.5 Å². The van der Waals surface area contributed by atoms with E-state index in [9.17, 15) is 9.59 Å². The van der Waals surface area contributed by atoms with E-state index in [-0.39, 0.29) is 17.4 Å². The molecule has 0 fully saturated rings. The minimum atomic E-state index is -0.541. The molecule has 2 aromatic carbocycles. The van der Waals surface area contributed by atoms with Crippen LogP contribution in [0.3, 0.4) is 0 Å². The Morgan fingerprint density at radius 2 is 1.47 bits per heavy atom. The Balaban J connectivity index is 2.14. The lowest BCUT2D eigenvalue weighted by atomic mass is 10.0. The zero-order valence-electron chi connectivity index (χ0n) is 19.3. The maximum Gasteiger partial charge on any atom is 0.242 e. The molecule has 0 aliphatic rings. The van der Waals surface area contributed by atoms with Crippen LogP contribution < -0.4 is 5.32 Å². The highest BCUT2D eigenvalue weighted by atomic mass is 16.2. The Bertz CT molecular complexity index is 833. The molecular formula is C26H36N2O2. The van der Waals surface area contributed by atoms with Crippen LogP contribution in [0.4, 0.5) is 0 Å². The second-order valence-corrected chi connectivity index (χ2v) is 9.09. The van der Waals surface area contributed by atoms with E-state index in [4.69, 9.17) is 0 Å². The molecule has 0 bridgehead atoms. The molecule has 1 N–H and O–H groups in total. The monoisotopic (exact) mass is 408 g/mol. The summed E-state index contributed by atoms with van der Waals surface area (Å²) in [6.45, 7) is 12.2. The molecule has 30 heavy (non-hydrogen) atoms. The van der Waals surface area contributed by atoms with Crippen molar-refractivity contribution in [3.05, 3.63) is 70.8 Å². The van der Waals surface area contributed by atoms with Crippen LogP contribution in [0.15, 0.2) is 48.5 Å². The van der Waals surface area contributed by atoms with Crippen molar-refractivity contribution in [2.45, 2.75) is 78.9 Å². The number of carbonyl (C=O) groups is 2. The van der Waals surface area contributed by atoms with Gasteiger partial charge in [-0.25, -0.2) is 0 Å². The molecule has 2 amide bonds. The third-order valence-electron chi connectivity index (χ3n) is 5.20. The van der Waals surface area contributed by atoms with Crippen molar-refractivity contribution in [3.8, 4) is 0 Å². The number of hydrogen-bond acceptors (Lipinski definition) is 2. The number of rotatable bonds is 8. The van der Waals surface area contributed by atoms with Crippen molar-refractivity contribution in [3.63, 3.8) is 0 Å². The van der Waals surface area contributed by atoms with Crippen molar-refractivity contribution < 1.29 is 9.59 Å². The van der Waals surface area contributed by atoms with Crippen molar-refractivity contribution >= 4 is 11.8 Å². The van der Waals surface area contributed by atoms with Crippen molar-refractivity contribution in [1.82, 2.24) is 10.2 Å². The molecule has 0 aliphatic carbocycles. The highest BCUT2D eigenvalue weighted by Gasteiger charge is 2.28. The standard InChI is InChI=1S/C26H36N2O2/c1-7-21-12-14-22(15-13-21)16-17-24(29)28(18-23-10-8-19(2)9-11-23)20(3)25(30)27-26(4,5)6/h8-15,20H,7,16-18H2,1-6H3,(H,27,30). The summed E-state index contributed by atoms with van der Waals surface area (Å²) in [5.74, 6) is -0.137. The van der Waals surface area contributed by atoms with E-state index in [2.05, 4.69) is 36.5 Å². The largest absolute Gasteiger partial charge is 0.350 e. The van der Waals surface area contributed by atoms with Crippen LogP contribution in [0.1, 0.15) is 63.3 Å². The maximum atomic E-state index is 13.2. The van der Waals surface area contributed by atoms with Gasteiger partial charge in [0.2, 0.25) is 11.8 Å². The second-order valence-electron chi connectivity index (χ2n) is 9.09. The summed E-state index contributed by atoms with van der Waals surface area (Å²) in [5, 5.41) is 3.00. The van der Waals surface area contributed by atoms with Crippen LogP contribution in [0.25, 0.3) is 0 Å². The lowest BCUT2D eigenvalue weighted by Crippen LogP contribution is -2.52. The van der Waals surface area contributed by atoms with Gasteiger partial charge in [-0.2, -0.15) is 0 Å². The van der Waals surface area contributed by atoms with Crippen LogP contribution in [0.2, 0.25) is 0 Å². The van der Waals surface area contributed by atoms with E-state index < -0.39 is 6.04 Å².